The fourth-order valence-corrected chi connectivity index (χ4v) is 3.23. The Labute approximate surface area is 151 Å². The lowest BCUT2D eigenvalue weighted by molar-refractivity contribution is -0.117. The van der Waals surface area contributed by atoms with Gasteiger partial charge in [-0.05, 0) is 42.8 Å². The highest BCUT2D eigenvalue weighted by atomic mass is 16.2. The molecule has 2 amide bonds. The second-order valence-corrected chi connectivity index (χ2v) is 6.40. The summed E-state index contributed by atoms with van der Waals surface area (Å²) in [5.74, 6) is 0.0303. The number of amides is 2. The number of aromatic nitrogens is 2. The Balaban J connectivity index is 1.33. The highest BCUT2D eigenvalue weighted by molar-refractivity contribution is 5.97. The topological polar surface area (TPSA) is 66.7 Å². The number of nitrogens with one attached hydrogen (secondary N) is 1. The average molecular weight is 348 g/mol. The van der Waals surface area contributed by atoms with Gasteiger partial charge in [0.1, 0.15) is 5.65 Å². The zero-order chi connectivity index (χ0) is 17.9. The molecule has 0 aliphatic carbocycles. The van der Waals surface area contributed by atoms with Gasteiger partial charge in [0.15, 0.2) is 0 Å². The zero-order valence-electron chi connectivity index (χ0n) is 14.4. The Bertz CT molecular complexity index is 913. The number of pyridine rings is 1. The van der Waals surface area contributed by atoms with E-state index in [0.717, 1.165) is 30.0 Å². The summed E-state index contributed by atoms with van der Waals surface area (Å²) >= 11 is 0. The van der Waals surface area contributed by atoms with Gasteiger partial charge in [-0.3, -0.25) is 9.59 Å². The van der Waals surface area contributed by atoms with Crippen molar-refractivity contribution in [2.24, 2.45) is 0 Å². The van der Waals surface area contributed by atoms with E-state index in [1.54, 1.807) is 17.0 Å². The van der Waals surface area contributed by atoms with Crippen LogP contribution in [0.1, 0.15) is 28.9 Å². The molecule has 1 aliphatic rings. The van der Waals surface area contributed by atoms with Crippen LogP contribution in [-0.4, -0.2) is 34.3 Å². The number of rotatable bonds is 5. The molecule has 1 fully saturated rings. The van der Waals surface area contributed by atoms with Crippen molar-refractivity contribution in [2.75, 3.05) is 18.0 Å². The molecule has 132 valence electrons. The van der Waals surface area contributed by atoms with Crippen LogP contribution in [0.2, 0.25) is 0 Å². The van der Waals surface area contributed by atoms with Gasteiger partial charge < -0.3 is 14.6 Å². The first-order chi connectivity index (χ1) is 12.7. The fourth-order valence-electron chi connectivity index (χ4n) is 3.23. The van der Waals surface area contributed by atoms with E-state index in [-0.39, 0.29) is 11.8 Å². The third-order valence-electron chi connectivity index (χ3n) is 4.60. The number of nitrogens with zero attached hydrogens (tertiary/aromatic N) is 3. The Kier molecular flexibility index (Phi) is 4.39. The molecular weight excluding hydrogens is 328 g/mol. The lowest BCUT2D eigenvalue weighted by Crippen LogP contribution is -2.26. The monoisotopic (exact) mass is 348 g/mol. The second-order valence-electron chi connectivity index (χ2n) is 6.40. The number of imidazole rings is 1. The van der Waals surface area contributed by atoms with Crippen LogP contribution in [0.4, 0.5) is 5.69 Å². The largest absolute Gasteiger partial charge is 0.352 e. The van der Waals surface area contributed by atoms with Gasteiger partial charge >= 0.3 is 0 Å². The Hall–Kier alpha value is -3.15. The summed E-state index contributed by atoms with van der Waals surface area (Å²) in [4.78, 5) is 30.3. The summed E-state index contributed by atoms with van der Waals surface area (Å²) in [6, 6.07) is 13.1. The number of hydrogen-bond donors (Lipinski definition) is 1. The number of benzene rings is 1. The summed E-state index contributed by atoms with van der Waals surface area (Å²) < 4.78 is 1.97. The van der Waals surface area contributed by atoms with E-state index in [9.17, 15) is 9.59 Å². The van der Waals surface area contributed by atoms with E-state index in [1.807, 2.05) is 47.1 Å². The number of anilines is 1. The summed E-state index contributed by atoms with van der Waals surface area (Å²) in [7, 11) is 0. The smallest absolute Gasteiger partial charge is 0.251 e. The van der Waals surface area contributed by atoms with Gasteiger partial charge in [0.05, 0.1) is 5.69 Å². The van der Waals surface area contributed by atoms with Crippen LogP contribution in [-0.2, 0) is 11.2 Å². The van der Waals surface area contributed by atoms with E-state index < -0.39 is 0 Å². The van der Waals surface area contributed by atoms with E-state index >= 15 is 0 Å². The molecule has 6 nitrogen and oxygen atoms in total. The van der Waals surface area contributed by atoms with Crippen LogP contribution in [0.3, 0.4) is 0 Å². The summed E-state index contributed by atoms with van der Waals surface area (Å²) in [6.07, 6.45) is 6.10. The molecule has 2 aromatic heterocycles. The predicted molar refractivity (Wildman–Crippen MR) is 99.3 cm³/mol. The number of carbonyl (C=O) groups is 2. The minimum absolute atomic E-state index is 0.118. The lowest BCUT2D eigenvalue weighted by atomic mass is 10.2. The average Bonchev–Trinajstić information content (AvgIpc) is 3.27. The number of fused-ring (bicyclic) bond motifs is 1. The Morgan fingerprint density at radius 1 is 1.15 bits per heavy atom. The fraction of sp³-hybridized carbons (Fsp3) is 0.250. The standard InChI is InChI=1S/C20H20N4O2/c25-19-5-3-13-24(19)17-8-6-15(7-9-17)20(26)21-11-10-16-14-23-12-2-1-4-18(23)22-16/h1-2,4,6-9,12,14H,3,5,10-11,13H2,(H,21,26). The van der Waals surface area contributed by atoms with Gasteiger partial charge in [-0.15, -0.1) is 0 Å². The number of carbonyl (C=O) groups excluding carboxylic acids is 2. The molecule has 6 heteroatoms. The lowest BCUT2D eigenvalue weighted by Gasteiger charge is -2.15. The van der Waals surface area contributed by atoms with Gasteiger partial charge in [0.2, 0.25) is 5.91 Å². The van der Waals surface area contributed by atoms with Gasteiger partial charge in [0.25, 0.3) is 5.91 Å². The van der Waals surface area contributed by atoms with E-state index in [4.69, 9.17) is 0 Å². The maximum absolute atomic E-state index is 12.3. The van der Waals surface area contributed by atoms with Crippen LogP contribution in [0.15, 0.2) is 54.9 Å². The highest BCUT2D eigenvalue weighted by Gasteiger charge is 2.21. The van der Waals surface area contributed by atoms with Crippen molar-refractivity contribution >= 4 is 23.1 Å². The van der Waals surface area contributed by atoms with Crippen LogP contribution >= 0.6 is 0 Å². The van der Waals surface area contributed by atoms with Gasteiger partial charge in [-0.1, -0.05) is 6.07 Å². The molecule has 4 rings (SSSR count). The molecule has 1 saturated heterocycles. The van der Waals surface area contributed by atoms with Crippen molar-refractivity contribution in [2.45, 2.75) is 19.3 Å². The second kappa shape index (κ2) is 7.00. The maximum Gasteiger partial charge on any atom is 0.251 e. The molecule has 3 aromatic rings. The summed E-state index contributed by atoms with van der Waals surface area (Å²) in [5.41, 5.74) is 3.30. The molecular formula is C20H20N4O2. The van der Waals surface area contributed by atoms with E-state index in [0.29, 0.717) is 24.9 Å². The minimum atomic E-state index is -0.118. The Morgan fingerprint density at radius 3 is 2.73 bits per heavy atom. The molecule has 3 heterocycles. The van der Waals surface area contributed by atoms with Gasteiger partial charge in [0, 0.05) is 49.6 Å². The van der Waals surface area contributed by atoms with E-state index in [1.165, 1.54) is 0 Å². The predicted octanol–water partition coefficient (Wildman–Crippen LogP) is 2.43. The first-order valence-electron chi connectivity index (χ1n) is 8.82. The molecule has 0 unspecified atom stereocenters. The Morgan fingerprint density at radius 2 is 2.00 bits per heavy atom. The third kappa shape index (κ3) is 3.31. The van der Waals surface area contributed by atoms with Gasteiger partial charge in [-0.25, -0.2) is 4.98 Å². The normalized spacial score (nSPS) is 14.2. The van der Waals surface area contributed by atoms with Crippen molar-refractivity contribution in [3.63, 3.8) is 0 Å². The minimum Gasteiger partial charge on any atom is -0.352 e. The maximum atomic E-state index is 12.3. The van der Waals surface area contributed by atoms with Crippen molar-refractivity contribution in [3.05, 3.63) is 66.1 Å². The van der Waals surface area contributed by atoms with Gasteiger partial charge in [-0.2, -0.15) is 0 Å². The molecule has 26 heavy (non-hydrogen) atoms. The molecule has 0 saturated carbocycles. The van der Waals surface area contributed by atoms with Crippen LogP contribution < -0.4 is 10.2 Å². The molecule has 0 spiro atoms. The number of hydrogen-bond acceptors (Lipinski definition) is 3. The molecule has 1 aliphatic heterocycles. The van der Waals surface area contributed by atoms with E-state index in [2.05, 4.69) is 10.3 Å². The third-order valence-corrected chi connectivity index (χ3v) is 4.60. The van der Waals surface area contributed by atoms with Crippen molar-refractivity contribution in [3.8, 4) is 0 Å². The molecule has 0 bridgehead atoms. The molecule has 1 N–H and O–H groups in total. The highest BCUT2D eigenvalue weighted by Crippen LogP contribution is 2.21. The summed E-state index contributed by atoms with van der Waals surface area (Å²) in [6.45, 7) is 1.28. The first kappa shape index (κ1) is 16.3. The SMILES string of the molecule is O=C(NCCc1cn2ccccc2n1)c1ccc(N2CCCC2=O)cc1. The molecule has 0 atom stereocenters. The first-order valence-corrected chi connectivity index (χ1v) is 8.82. The summed E-state index contributed by atoms with van der Waals surface area (Å²) in [5, 5.41) is 2.92. The van der Waals surface area contributed by atoms with Crippen molar-refractivity contribution in [1.82, 2.24) is 14.7 Å². The molecule has 1 aromatic carbocycles. The van der Waals surface area contributed by atoms with Crippen LogP contribution in [0.5, 0.6) is 0 Å². The van der Waals surface area contributed by atoms with Crippen molar-refractivity contribution < 1.29 is 9.59 Å². The molecule has 0 radical (unpaired) electrons. The quantitative estimate of drug-likeness (QED) is 0.770. The van der Waals surface area contributed by atoms with Crippen LogP contribution in [0, 0.1) is 0 Å². The zero-order valence-corrected chi connectivity index (χ0v) is 14.4. The van der Waals surface area contributed by atoms with Crippen LogP contribution in [0.25, 0.3) is 5.65 Å². The van der Waals surface area contributed by atoms with Crippen molar-refractivity contribution in [1.29, 1.82) is 0 Å².